The molecular formula is C98H136ClN23O20S. The van der Waals surface area contributed by atoms with Crippen LogP contribution < -0.4 is 102 Å². The first-order valence-corrected chi connectivity index (χ1v) is 48.8. The number of phenols is 1. The molecule has 1 aliphatic heterocycles. The van der Waals surface area contributed by atoms with Crippen LogP contribution in [0.3, 0.4) is 0 Å². The molecule has 0 aliphatic carbocycles. The van der Waals surface area contributed by atoms with Gasteiger partial charge in [0, 0.05) is 63.2 Å². The van der Waals surface area contributed by atoms with E-state index >= 15 is 33.6 Å². The minimum Gasteiger partial charge on any atom is -0.508 e. The molecule has 1 aromatic heterocycles. The number of aromatic nitrogens is 1. The van der Waals surface area contributed by atoms with Gasteiger partial charge >= 0.3 is 5.97 Å². The van der Waals surface area contributed by atoms with E-state index in [1.807, 2.05) is 30.3 Å². The maximum absolute atomic E-state index is 15.5. The number of guanidine groups is 2. The van der Waals surface area contributed by atoms with Crippen molar-refractivity contribution in [3.05, 3.63) is 161 Å². The Morgan fingerprint density at radius 1 is 0.469 bits per heavy atom. The number of carbonyl (C=O) groups excluding carboxylic acids is 16. The predicted octanol–water partition coefficient (Wildman–Crippen LogP) is 0.137. The molecule has 1 saturated heterocycles. The highest BCUT2D eigenvalue weighted by molar-refractivity contribution is 8.00. The summed E-state index contributed by atoms with van der Waals surface area (Å²) in [5.74, 6) is -22.6. The van der Waals surface area contributed by atoms with Crippen molar-refractivity contribution in [1.29, 1.82) is 10.8 Å². The van der Waals surface area contributed by atoms with E-state index in [0.717, 1.165) is 23.0 Å². The zero-order valence-corrected chi connectivity index (χ0v) is 83.7. The highest BCUT2D eigenvalue weighted by Crippen LogP contribution is 2.28. The van der Waals surface area contributed by atoms with Gasteiger partial charge < -0.3 is 127 Å². The van der Waals surface area contributed by atoms with Crippen LogP contribution in [0, 0.1) is 34.5 Å². The third-order valence-electron chi connectivity index (χ3n) is 23.6. The second kappa shape index (κ2) is 56.3. The number of aliphatic hydroxyl groups excluding tert-OH is 1. The number of nitrogens with two attached hydrogens (primary N) is 3. The Hall–Kier alpha value is -14.4. The monoisotopic (exact) mass is 2020 g/mol. The number of hydrogen-bond donors (Lipinski definition) is 25. The minimum absolute atomic E-state index is 0.00236. The molecular weight excluding hydrogens is 1890 g/mol. The summed E-state index contributed by atoms with van der Waals surface area (Å²) in [5, 5.41) is 90.6. The van der Waals surface area contributed by atoms with Gasteiger partial charge in [-0.05, 0) is 135 Å². The SMILES string of the molecule is CC(C)C[C@@H]1NC(=O)[C@H](CCCNC(=N)N)NC(=O)[C@@H](CC(C)C)NC(=O)[C@H](C)N(C)C(=O)[C@H](CCCNC(=N)N)NC(=O)[C@H](Cc2ccc(-c3ccccc3)cc2)NC(=O)[C@H](C(C)C)NC(=O)[C@H](Cc2c[nH]c3c(Cl)cccc23)NC(=O)[C@H](CC(=O)O)NC(=O)[C@H](Cc2ccc(O)cc2)NC(=O)[C@H](Cc2ccccc2)NC(=O)CSC[C@@H](C(=O)N[C@@H](C)C(N)=O)NC(=O)[C@H]([C@@H](C)O)NC(=O)[C@H](C(C)C)NC1=O. The lowest BCUT2D eigenvalue weighted by atomic mass is 9.98. The average Bonchev–Trinajstić information content (AvgIpc) is 1.71. The quantitative estimate of drug-likeness (QED) is 0.0169. The number of amides is 16. The lowest BCUT2D eigenvalue weighted by Crippen LogP contribution is -2.62. The Morgan fingerprint density at radius 3 is 1.38 bits per heavy atom. The highest BCUT2D eigenvalue weighted by atomic mass is 35.5. The van der Waals surface area contributed by atoms with Crippen molar-refractivity contribution >= 4 is 147 Å². The lowest BCUT2D eigenvalue weighted by molar-refractivity contribution is -0.143. The van der Waals surface area contributed by atoms with E-state index in [-0.39, 0.29) is 92.6 Å². The number of benzene rings is 5. The van der Waals surface area contributed by atoms with E-state index in [2.05, 4.69) is 90.1 Å². The van der Waals surface area contributed by atoms with Gasteiger partial charge in [-0.3, -0.25) is 92.3 Å². The van der Waals surface area contributed by atoms with Crippen LogP contribution in [0.2, 0.25) is 5.02 Å². The van der Waals surface area contributed by atoms with Gasteiger partial charge in [-0.25, -0.2) is 0 Å². The van der Waals surface area contributed by atoms with Gasteiger partial charge in [0.25, 0.3) is 0 Å². The molecule has 28 N–H and O–H groups in total. The molecule has 16 atom stereocenters. The van der Waals surface area contributed by atoms with Crippen LogP contribution in [-0.4, -0.2) is 266 Å². The fraction of sp³-hybridized carbons (Fsp3) is 0.480. The van der Waals surface area contributed by atoms with Gasteiger partial charge in [-0.2, -0.15) is 0 Å². The largest absolute Gasteiger partial charge is 0.508 e. The van der Waals surface area contributed by atoms with Crippen molar-refractivity contribution in [2.24, 2.45) is 40.9 Å². The number of halogens is 1. The topological polar surface area (TPSA) is 688 Å². The number of aromatic amines is 1. The second-order valence-corrected chi connectivity index (χ2v) is 38.4. The Labute approximate surface area is 838 Å². The van der Waals surface area contributed by atoms with E-state index < -0.39 is 252 Å². The second-order valence-electron chi connectivity index (χ2n) is 37.0. The fourth-order valence-electron chi connectivity index (χ4n) is 15.6. The van der Waals surface area contributed by atoms with E-state index in [1.54, 1.807) is 114 Å². The first-order chi connectivity index (χ1) is 67.6. The molecule has 0 saturated carbocycles. The molecule has 0 spiro atoms. The van der Waals surface area contributed by atoms with E-state index in [4.69, 9.17) is 39.6 Å². The maximum Gasteiger partial charge on any atom is 0.305 e. The van der Waals surface area contributed by atoms with Gasteiger partial charge in [0.15, 0.2) is 11.9 Å². The van der Waals surface area contributed by atoms with Crippen LogP contribution in [0.4, 0.5) is 0 Å². The number of carboxylic acid groups (broad SMARTS) is 1. The van der Waals surface area contributed by atoms with Crippen molar-refractivity contribution in [2.75, 3.05) is 31.6 Å². The van der Waals surface area contributed by atoms with Crippen LogP contribution in [-0.2, 0) is 107 Å². The Kier molecular flexibility index (Phi) is 45.5. The number of carbonyl (C=O) groups is 17. The zero-order chi connectivity index (χ0) is 106. The van der Waals surface area contributed by atoms with Crippen molar-refractivity contribution in [2.45, 2.75) is 244 Å². The number of nitrogens with zero attached hydrogens (tertiary/aromatic N) is 1. The van der Waals surface area contributed by atoms with Gasteiger partial charge in [0.1, 0.15) is 96.4 Å². The molecule has 0 radical (unpaired) electrons. The summed E-state index contributed by atoms with van der Waals surface area (Å²) in [7, 11) is 1.26. The number of H-pyrrole nitrogens is 1. The summed E-state index contributed by atoms with van der Waals surface area (Å²) in [6.45, 7) is 16.8. The molecule has 1 fully saturated rings. The number of aliphatic carboxylic acids is 1. The molecule has 143 heavy (non-hydrogen) atoms. The summed E-state index contributed by atoms with van der Waals surface area (Å²) < 4.78 is 0. The van der Waals surface area contributed by atoms with Crippen LogP contribution in [0.1, 0.15) is 143 Å². The van der Waals surface area contributed by atoms with Crippen molar-refractivity contribution < 1.29 is 96.8 Å². The maximum atomic E-state index is 15.5. The number of likely N-dealkylation sites (N-methyl/N-ethyl adjacent to an activating group) is 1. The van der Waals surface area contributed by atoms with Crippen molar-refractivity contribution in [1.82, 2.24) is 95.0 Å². The number of rotatable bonds is 29. The molecule has 43 nitrogen and oxygen atoms in total. The number of hydrogen-bond acceptors (Lipinski definition) is 22. The van der Waals surface area contributed by atoms with Crippen LogP contribution in [0.5, 0.6) is 5.75 Å². The number of carboxylic acids is 1. The number of nitrogens with one attached hydrogen (secondary N) is 19. The number of aliphatic hydroxyl groups is 1. The first-order valence-electron chi connectivity index (χ1n) is 47.2. The Bertz CT molecular complexity index is 5440. The highest BCUT2D eigenvalue weighted by Gasteiger charge is 2.42. The van der Waals surface area contributed by atoms with Crippen LogP contribution in [0.25, 0.3) is 22.0 Å². The number of primary amides is 1. The van der Waals surface area contributed by atoms with Crippen LogP contribution >= 0.6 is 23.4 Å². The van der Waals surface area contributed by atoms with E-state index in [1.165, 1.54) is 65.2 Å². The molecule has 45 heteroatoms. The first kappa shape index (κ1) is 116. The fourth-order valence-corrected chi connectivity index (χ4v) is 16.6. The summed E-state index contributed by atoms with van der Waals surface area (Å²) in [5.41, 5.74) is 20.4. The molecule has 0 unspecified atom stereocenters. The Morgan fingerprint density at radius 2 is 0.874 bits per heavy atom. The third-order valence-corrected chi connectivity index (χ3v) is 24.9. The third kappa shape index (κ3) is 37.2. The number of fused-ring (bicyclic) bond motifs is 1. The van der Waals surface area contributed by atoms with E-state index in [9.17, 15) is 63.3 Å². The van der Waals surface area contributed by atoms with Gasteiger partial charge in [-0.15, -0.1) is 11.8 Å². The number of aromatic hydroxyl groups is 1. The average molecular weight is 2020 g/mol. The lowest BCUT2D eigenvalue weighted by Gasteiger charge is -2.32. The normalized spacial score (nSPS) is 22.9. The summed E-state index contributed by atoms with van der Waals surface area (Å²) in [6.07, 6.45) is -3.39. The van der Waals surface area contributed by atoms with Crippen molar-refractivity contribution in [3.8, 4) is 16.9 Å². The molecule has 0 bridgehead atoms. The molecule has 16 amide bonds. The molecule has 776 valence electrons. The molecule has 6 aromatic rings. The van der Waals surface area contributed by atoms with Gasteiger partial charge in [-0.1, -0.05) is 176 Å². The number of phenolic OH excluding ortho intramolecular Hbond substituents is 1. The zero-order valence-electron chi connectivity index (χ0n) is 82.1. The predicted molar refractivity (Wildman–Crippen MR) is 537 cm³/mol. The van der Waals surface area contributed by atoms with E-state index in [0.29, 0.717) is 39.4 Å². The molecule has 1 aliphatic rings. The van der Waals surface area contributed by atoms with Gasteiger partial charge in [0.2, 0.25) is 94.5 Å². The number of thioether (sulfide) groups is 1. The minimum atomic E-state index is -2.11. The smallest absolute Gasteiger partial charge is 0.305 e. The summed E-state index contributed by atoms with van der Waals surface area (Å²) in [4.78, 5) is 255. The van der Waals surface area contributed by atoms with Crippen LogP contribution in [0.15, 0.2) is 134 Å². The van der Waals surface area contributed by atoms with Crippen molar-refractivity contribution in [3.63, 3.8) is 0 Å². The summed E-state index contributed by atoms with van der Waals surface area (Å²) in [6, 6.07) is 10.1. The molecule has 5 aromatic carbocycles. The van der Waals surface area contributed by atoms with Gasteiger partial charge in [0.05, 0.1) is 28.8 Å². The number of para-hydroxylation sites is 1. The summed E-state index contributed by atoms with van der Waals surface area (Å²) >= 11 is 7.36. The Balaban J connectivity index is 1.36. The standard InChI is InChI=1S/C98H136ClN23O20S/c1-50(2)40-68-85(131)110-66(28-20-38-105-97(101)102)84(130)113-69(41-51(3)4)90(136)120-79(53(7)8)94(140)121-80(56(11)123)95(141)118-75(92(138)108-54(9)82(100)128)48-143-49-76(125)109-70(42-57-22-15-13-16-23-57)86(132)114-71(44-59-32-36-63(124)37-33-59)88(134)116-74(46-77(126)127)89(135)115-73(45-62-47-107-81-64(62)26-19-27-65(81)99)91(137)119-78(52(5)6)93(139)117-72(43-58-30-34-61(35-31-58)60-24-17-14-18-25-60)87(133)111-67(29-21-39-106-98(103)104)96(142)122(12)55(10)83(129)112-68/h13-19,22-27,30-37,47,50-56,66-75,78-80,107,123-124H,20-21,28-29,38-46,48-49H2,1-12H3,(H2,100,128)(H,108,138)(H,109,125)(H,110,131)(H,111,133)(H,112,129)(H,113,130)(H,114,132)(H,115,135)(H,116,134)(H,117,139)(H,118,141)(H,119,137)(H,120,136)(H,121,140)(H,126,127)(H4,101,102,105)(H4,103,104,106)/t54-,55-,56+,66-,67-,68+,69-,70-,71-,72-,73-,74-,75-,78-,79-,80-/m0/s1. The molecule has 2 heterocycles. The molecule has 7 rings (SSSR count).